The smallest absolute Gasteiger partial charge is 0.0360 e. The van der Waals surface area contributed by atoms with Crippen molar-refractivity contribution in [3.8, 4) is 0 Å². The molecular weight excluding hydrogens is 413 g/mol. The Morgan fingerprint density at radius 3 is 2.58 bits per heavy atom. The van der Waals surface area contributed by atoms with Crippen molar-refractivity contribution in [2.24, 2.45) is 5.92 Å². The summed E-state index contributed by atoms with van der Waals surface area (Å²) in [5, 5.41) is 3.73. The largest absolute Gasteiger partial charge is 0.310 e. The van der Waals surface area contributed by atoms with Crippen molar-refractivity contribution in [3.63, 3.8) is 0 Å². The van der Waals surface area contributed by atoms with E-state index in [9.17, 15) is 0 Å². The van der Waals surface area contributed by atoms with Crippen LogP contribution < -0.4 is 5.32 Å². The first kappa shape index (κ1) is 15.8. The molecule has 1 N–H and O–H groups in total. The molecule has 2 rings (SSSR count). The van der Waals surface area contributed by atoms with E-state index in [1.165, 1.54) is 52.1 Å². The Morgan fingerprint density at radius 2 is 1.95 bits per heavy atom. The third kappa shape index (κ3) is 4.43. The quantitative estimate of drug-likeness (QED) is 0.474. The van der Waals surface area contributed by atoms with Crippen LogP contribution in [-0.2, 0) is 0 Å². The molecule has 19 heavy (non-hydrogen) atoms. The van der Waals surface area contributed by atoms with Gasteiger partial charge in [0, 0.05) is 14.1 Å². The SMILES string of the molecule is CCNC(c1cc(I)ccc1Br)C1CCCCCC1. The molecule has 0 saturated heterocycles. The Balaban J connectivity index is 2.24. The van der Waals surface area contributed by atoms with E-state index in [4.69, 9.17) is 0 Å². The molecule has 1 fully saturated rings. The Kier molecular flexibility index (Phi) is 6.63. The monoisotopic (exact) mass is 435 g/mol. The number of rotatable bonds is 4. The Hall–Kier alpha value is 0.390. The molecule has 1 atom stereocenters. The second-order valence-electron chi connectivity index (χ2n) is 5.45. The van der Waals surface area contributed by atoms with Crippen LogP contribution in [0.1, 0.15) is 57.1 Å². The van der Waals surface area contributed by atoms with E-state index < -0.39 is 0 Å². The summed E-state index contributed by atoms with van der Waals surface area (Å²) in [5.41, 5.74) is 1.45. The van der Waals surface area contributed by atoms with Gasteiger partial charge in [-0.1, -0.05) is 48.5 Å². The third-order valence-corrected chi connectivity index (χ3v) is 5.48. The van der Waals surface area contributed by atoms with Gasteiger partial charge in [0.05, 0.1) is 0 Å². The molecular formula is C16H23BrIN. The van der Waals surface area contributed by atoms with Crippen molar-refractivity contribution in [2.75, 3.05) is 6.54 Å². The van der Waals surface area contributed by atoms with Crippen LogP contribution in [0.4, 0.5) is 0 Å². The van der Waals surface area contributed by atoms with Crippen LogP contribution in [-0.4, -0.2) is 6.54 Å². The molecule has 0 bridgehead atoms. The predicted octanol–water partition coefficient (Wildman–Crippen LogP) is 5.67. The number of benzene rings is 1. The zero-order valence-electron chi connectivity index (χ0n) is 11.6. The molecule has 0 spiro atoms. The number of halogens is 2. The third-order valence-electron chi connectivity index (χ3n) is 4.09. The first-order chi connectivity index (χ1) is 9.22. The zero-order valence-corrected chi connectivity index (χ0v) is 15.3. The highest BCUT2D eigenvalue weighted by Crippen LogP contribution is 2.37. The number of nitrogens with one attached hydrogen (secondary N) is 1. The van der Waals surface area contributed by atoms with Crippen LogP contribution in [0.25, 0.3) is 0 Å². The average Bonchev–Trinajstić information content (AvgIpc) is 2.68. The van der Waals surface area contributed by atoms with Crippen LogP contribution >= 0.6 is 38.5 Å². The van der Waals surface area contributed by atoms with Crippen molar-refractivity contribution in [1.82, 2.24) is 5.32 Å². The summed E-state index contributed by atoms with van der Waals surface area (Å²) in [4.78, 5) is 0. The molecule has 1 aliphatic rings. The van der Waals surface area contributed by atoms with Crippen LogP contribution in [0.3, 0.4) is 0 Å². The molecule has 1 saturated carbocycles. The van der Waals surface area contributed by atoms with Crippen molar-refractivity contribution in [1.29, 1.82) is 0 Å². The van der Waals surface area contributed by atoms with Gasteiger partial charge in [0.1, 0.15) is 0 Å². The molecule has 1 nitrogen and oxygen atoms in total. The lowest BCUT2D eigenvalue weighted by Gasteiger charge is -2.28. The molecule has 0 heterocycles. The summed E-state index contributed by atoms with van der Waals surface area (Å²) < 4.78 is 2.58. The number of hydrogen-bond donors (Lipinski definition) is 1. The van der Waals surface area contributed by atoms with Crippen LogP contribution in [0.5, 0.6) is 0 Å². The van der Waals surface area contributed by atoms with E-state index in [2.05, 4.69) is 69.0 Å². The summed E-state index contributed by atoms with van der Waals surface area (Å²) >= 11 is 6.16. The normalized spacial score (nSPS) is 19.1. The van der Waals surface area contributed by atoms with Crippen molar-refractivity contribution in [3.05, 3.63) is 31.8 Å². The maximum atomic E-state index is 3.74. The van der Waals surface area contributed by atoms with Gasteiger partial charge in [-0.15, -0.1) is 0 Å². The number of hydrogen-bond acceptors (Lipinski definition) is 1. The lowest BCUT2D eigenvalue weighted by molar-refractivity contribution is 0.329. The molecule has 0 aliphatic heterocycles. The van der Waals surface area contributed by atoms with E-state index in [1.54, 1.807) is 0 Å². The molecule has 1 aromatic rings. The van der Waals surface area contributed by atoms with E-state index in [-0.39, 0.29) is 0 Å². The van der Waals surface area contributed by atoms with Gasteiger partial charge in [-0.25, -0.2) is 0 Å². The van der Waals surface area contributed by atoms with Crippen molar-refractivity contribution in [2.45, 2.75) is 51.5 Å². The summed E-state index contributed by atoms with van der Waals surface area (Å²) in [6.07, 6.45) is 8.37. The minimum absolute atomic E-state index is 0.507. The Morgan fingerprint density at radius 1 is 1.26 bits per heavy atom. The van der Waals surface area contributed by atoms with Gasteiger partial charge in [0.15, 0.2) is 0 Å². The lowest BCUT2D eigenvalue weighted by atomic mass is 9.87. The highest BCUT2D eigenvalue weighted by Gasteiger charge is 2.25. The average molecular weight is 436 g/mol. The fraction of sp³-hybridized carbons (Fsp3) is 0.625. The van der Waals surface area contributed by atoms with Crippen LogP contribution in [0, 0.1) is 9.49 Å². The molecule has 0 amide bonds. The fourth-order valence-electron chi connectivity index (χ4n) is 3.15. The fourth-order valence-corrected chi connectivity index (χ4v) is 4.16. The second-order valence-corrected chi connectivity index (χ2v) is 7.55. The summed E-state index contributed by atoms with van der Waals surface area (Å²) in [7, 11) is 0. The van der Waals surface area contributed by atoms with Gasteiger partial charge in [-0.3, -0.25) is 0 Å². The molecule has 0 aromatic heterocycles. The molecule has 3 heteroatoms. The van der Waals surface area contributed by atoms with Gasteiger partial charge in [-0.05, 0) is 71.7 Å². The summed E-state index contributed by atoms with van der Waals surface area (Å²) in [5.74, 6) is 0.789. The van der Waals surface area contributed by atoms with Crippen LogP contribution in [0.2, 0.25) is 0 Å². The highest BCUT2D eigenvalue weighted by atomic mass is 127. The zero-order chi connectivity index (χ0) is 13.7. The Labute approximate surface area is 139 Å². The van der Waals surface area contributed by atoms with Gasteiger partial charge in [0.2, 0.25) is 0 Å². The molecule has 1 aromatic carbocycles. The van der Waals surface area contributed by atoms with E-state index in [0.29, 0.717) is 6.04 Å². The highest BCUT2D eigenvalue weighted by molar-refractivity contribution is 14.1. The summed E-state index contributed by atoms with van der Waals surface area (Å²) in [6.45, 7) is 3.25. The minimum Gasteiger partial charge on any atom is -0.310 e. The van der Waals surface area contributed by atoms with Crippen molar-refractivity contribution < 1.29 is 0 Å². The van der Waals surface area contributed by atoms with E-state index in [0.717, 1.165) is 12.5 Å². The van der Waals surface area contributed by atoms with Gasteiger partial charge in [0.25, 0.3) is 0 Å². The maximum Gasteiger partial charge on any atom is 0.0360 e. The maximum absolute atomic E-state index is 3.74. The molecule has 0 radical (unpaired) electrons. The first-order valence-electron chi connectivity index (χ1n) is 7.40. The van der Waals surface area contributed by atoms with E-state index >= 15 is 0 Å². The predicted molar refractivity (Wildman–Crippen MR) is 94.5 cm³/mol. The second kappa shape index (κ2) is 7.99. The Bertz CT molecular complexity index is 400. The topological polar surface area (TPSA) is 12.0 Å². The molecule has 1 aliphatic carbocycles. The van der Waals surface area contributed by atoms with Gasteiger partial charge >= 0.3 is 0 Å². The van der Waals surface area contributed by atoms with E-state index in [1.807, 2.05) is 0 Å². The lowest BCUT2D eigenvalue weighted by Crippen LogP contribution is -2.28. The first-order valence-corrected chi connectivity index (χ1v) is 9.28. The van der Waals surface area contributed by atoms with Crippen molar-refractivity contribution >= 4 is 38.5 Å². The molecule has 106 valence electrons. The standard InChI is InChI=1S/C16H23BrIN/c1-2-19-16(12-7-5-3-4-6-8-12)14-11-13(18)9-10-15(14)17/h9-12,16,19H,2-8H2,1H3. The summed E-state index contributed by atoms with van der Waals surface area (Å²) in [6, 6.07) is 7.21. The van der Waals surface area contributed by atoms with Gasteiger partial charge < -0.3 is 5.32 Å². The van der Waals surface area contributed by atoms with Crippen LogP contribution in [0.15, 0.2) is 22.7 Å². The minimum atomic E-state index is 0.507. The molecule has 1 unspecified atom stereocenters. The van der Waals surface area contributed by atoms with Gasteiger partial charge in [-0.2, -0.15) is 0 Å².